The Labute approximate surface area is 119 Å². The zero-order chi connectivity index (χ0) is 14.1. The SMILES string of the molecule is Cc1c(-c2ccccc2)[nH]n(-c2ccc(Cl)nn2)c1=O. The molecule has 1 N–H and O–H groups in total. The summed E-state index contributed by atoms with van der Waals surface area (Å²) in [7, 11) is 0. The monoisotopic (exact) mass is 286 g/mol. The van der Waals surface area contributed by atoms with Crippen molar-refractivity contribution in [1.82, 2.24) is 20.0 Å². The van der Waals surface area contributed by atoms with Crippen LogP contribution in [0.25, 0.3) is 17.1 Å². The first kappa shape index (κ1) is 12.6. The molecule has 0 atom stereocenters. The van der Waals surface area contributed by atoms with Crippen molar-refractivity contribution in [2.75, 3.05) is 0 Å². The molecule has 2 aromatic heterocycles. The van der Waals surface area contributed by atoms with Crippen LogP contribution in [0.4, 0.5) is 0 Å². The summed E-state index contributed by atoms with van der Waals surface area (Å²) in [5, 5.41) is 11.0. The van der Waals surface area contributed by atoms with Gasteiger partial charge in [0.2, 0.25) is 0 Å². The van der Waals surface area contributed by atoms with Gasteiger partial charge in [0.1, 0.15) is 0 Å². The number of hydrogen-bond acceptors (Lipinski definition) is 3. The molecule has 0 bridgehead atoms. The van der Waals surface area contributed by atoms with E-state index in [1.165, 1.54) is 4.68 Å². The number of aromatic nitrogens is 4. The topological polar surface area (TPSA) is 63.6 Å². The summed E-state index contributed by atoms with van der Waals surface area (Å²) < 4.78 is 1.36. The molecule has 0 amide bonds. The van der Waals surface area contributed by atoms with Crippen molar-refractivity contribution in [1.29, 1.82) is 0 Å². The Bertz CT molecular complexity index is 790. The van der Waals surface area contributed by atoms with Gasteiger partial charge in [-0.1, -0.05) is 41.9 Å². The Morgan fingerprint density at radius 2 is 1.85 bits per heavy atom. The molecule has 1 aromatic carbocycles. The summed E-state index contributed by atoms with van der Waals surface area (Å²) in [5.74, 6) is 0.407. The average molecular weight is 287 g/mol. The molecule has 3 aromatic rings. The molecule has 0 saturated heterocycles. The van der Waals surface area contributed by atoms with Crippen LogP contribution in [0.5, 0.6) is 0 Å². The molecule has 6 heteroatoms. The van der Waals surface area contributed by atoms with Gasteiger partial charge in [-0.15, -0.1) is 10.2 Å². The molecule has 0 saturated carbocycles. The maximum absolute atomic E-state index is 12.3. The van der Waals surface area contributed by atoms with Crippen LogP contribution < -0.4 is 5.56 Å². The lowest BCUT2D eigenvalue weighted by Gasteiger charge is -2.00. The highest BCUT2D eigenvalue weighted by molar-refractivity contribution is 6.29. The molecule has 0 radical (unpaired) electrons. The van der Waals surface area contributed by atoms with Crippen molar-refractivity contribution in [3.05, 3.63) is 63.5 Å². The first-order chi connectivity index (χ1) is 9.66. The van der Waals surface area contributed by atoms with Crippen LogP contribution in [0, 0.1) is 6.92 Å². The third-order valence-corrected chi connectivity index (χ3v) is 3.23. The normalized spacial score (nSPS) is 10.7. The van der Waals surface area contributed by atoms with E-state index in [0.29, 0.717) is 11.4 Å². The van der Waals surface area contributed by atoms with E-state index in [1.54, 1.807) is 19.1 Å². The maximum Gasteiger partial charge on any atom is 0.276 e. The Morgan fingerprint density at radius 3 is 2.50 bits per heavy atom. The maximum atomic E-state index is 12.3. The van der Waals surface area contributed by atoms with Gasteiger partial charge in [0.05, 0.1) is 5.69 Å². The molecule has 0 aliphatic heterocycles. The van der Waals surface area contributed by atoms with E-state index in [-0.39, 0.29) is 10.7 Å². The molecule has 3 rings (SSSR count). The summed E-state index contributed by atoms with van der Waals surface area (Å²) >= 11 is 5.70. The van der Waals surface area contributed by atoms with Gasteiger partial charge in [-0.2, -0.15) is 4.68 Å². The van der Waals surface area contributed by atoms with E-state index in [0.717, 1.165) is 11.3 Å². The lowest BCUT2D eigenvalue weighted by atomic mass is 10.1. The minimum Gasteiger partial charge on any atom is -0.289 e. The van der Waals surface area contributed by atoms with Crippen molar-refractivity contribution < 1.29 is 0 Å². The second-order valence-corrected chi connectivity index (χ2v) is 4.72. The van der Waals surface area contributed by atoms with Crippen LogP contribution in [0.2, 0.25) is 5.15 Å². The quantitative estimate of drug-likeness (QED) is 0.787. The predicted octanol–water partition coefficient (Wildman–Crippen LogP) is 2.58. The Hall–Kier alpha value is -2.40. The van der Waals surface area contributed by atoms with E-state index in [1.807, 2.05) is 30.3 Å². The van der Waals surface area contributed by atoms with E-state index < -0.39 is 0 Å². The fraction of sp³-hybridized carbons (Fsp3) is 0.0714. The summed E-state index contributed by atoms with van der Waals surface area (Å²) in [6.45, 7) is 1.78. The van der Waals surface area contributed by atoms with Crippen LogP contribution in [-0.2, 0) is 0 Å². The number of nitrogens with zero attached hydrogens (tertiary/aromatic N) is 3. The zero-order valence-electron chi connectivity index (χ0n) is 10.7. The number of benzene rings is 1. The van der Waals surface area contributed by atoms with Gasteiger partial charge in [0.25, 0.3) is 5.56 Å². The number of hydrogen-bond donors (Lipinski definition) is 1. The highest BCUT2D eigenvalue weighted by atomic mass is 35.5. The van der Waals surface area contributed by atoms with Crippen molar-refractivity contribution in [3.63, 3.8) is 0 Å². The molecule has 20 heavy (non-hydrogen) atoms. The average Bonchev–Trinajstić information content (AvgIpc) is 2.77. The van der Waals surface area contributed by atoms with Gasteiger partial charge in [0.15, 0.2) is 11.0 Å². The van der Waals surface area contributed by atoms with E-state index in [9.17, 15) is 4.79 Å². The Balaban J connectivity index is 2.16. The van der Waals surface area contributed by atoms with E-state index in [2.05, 4.69) is 15.3 Å². The molecule has 2 heterocycles. The van der Waals surface area contributed by atoms with Gasteiger partial charge in [0, 0.05) is 5.56 Å². The predicted molar refractivity (Wildman–Crippen MR) is 77.2 cm³/mol. The van der Waals surface area contributed by atoms with Gasteiger partial charge >= 0.3 is 0 Å². The largest absolute Gasteiger partial charge is 0.289 e. The molecule has 0 fully saturated rings. The van der Waals surface area contributed by atoms with Crippen LogP contribution in [0.3, 0.4) is 0 Å². The smallest absolute Gasteiger partial charge is 0.276 e. The number of rotatable bonds is 2. The summed E-state index contributed by atoms with van der Waals surface area (Å²) in [5.41, 5.74) is 2.20. The minimum absolute atomic E-state index is 0.152. The second-order valence-electron chi connectivity index (χ2n) is 4.33. The number of halogens is 1. The summed E-state index contributed by atoms with van der Waals surface area (Å²) in [6.07, 6.45) is 0. The molecule has 5 nitrogen and oxygen atoms in total. The highest BCUT2D eigenvalue weighted by Gasteiger charge is 2.13. The van der Waals surface area contributed by atoms with Gasteiger partial charge in [-0.25, -0.2) is 0 Å². The van der Waals surface area contributed by atoms with Crippen LogP contribution in [-0.4, -0.2) is 20.0 Å². The third-order valence-electron chi connectivity index (χ3n) is 3.03. The number of nitrogens with one attached hydrogen (secondary N) is 1. The Morgan fingerprint density at radius 1 is 1.10 bits per heavy atom. The second kappa shape index (κ2) is 4.94. The van der Waals surface area contributed by atoms with E-state index >= 15 is 0 Å². The molecular weight excluding hydrogens is 276 g/mol. The zero-order valence-corrected chi connectivity index (χ0v) is 11.4. The number of aromatic amines is 1. The van der Waals surface area contributed by atoms with Crippen molar-refractivity contribution >= 4 is 11.6 Å². The van der Waals surface area contributed by atoms with Crippen LogP contribution in [0.15, 0.2) is 47.3 Å². The van der Waals surface area contributed by atoms with Crippen LogP contribution >= 0.6 is 11.6 Å². The number of H-pyrrole nitrogens is 1. The molecule has 0 unspecified atom stereocenters. The fourth-order valence-electron chi connectivity index (χ4n) is 2.00. The molecule has 0 aliphatic rings. The summed E-state index contributed by atoms with van der Waals surface area (Å²) in [6, 6.07) is 12.9. The molecular formula is C14H11ClN4O. The lowest BCUT2D eigenvalue weighted by molar-refractivity contribution is 0.792. The van der Waals surface area contributed by atoms with Gasteiger partial charge in [-0.3, -0.25) is 9.89 Å². The molecule has 0 spiro atoms. The standard InChI is InChI=1S/C14H11ClN4O/c1-9-13(10-5-3-2-4-6-10)18-19(14(9)20)12-8-7-11(15)16-17-12/h2-8,18H,1H3. The first-order valence-corrected chi connectivity index (χ1v) is 6.41. The minimum atomic E-state index is -0.152. The lowest BCUT2D eigenvalue weighted by Crippen LogP contribution is -2.17. The first-order valence-electron chi connectivity index (χ1n) is 6.03. The van der Waals surface area contributed by atoms with Crippen LogP contribution in [0.1, 0.15) is 5.56 Å². The van der Waals surface area contributed by atoms with Crippen molar-refractivity contribution in [3.8, 4) is 17.1 Å². The fourth-order valence-corrected chi connectivity index (χ4v) is 2.10. The van der Waals surface area contributed by atoms with Gasteiger partial charge in [-0.05, 0) is 24.6 Å². The molecule has 100 valence electrons. The summed E-state index contributed by atoms with van der Waals surface area (Å²) in [4.78, 5) is 12.3. The van der Waals surface area contributed by atoms with E-state index in [4.69, 9.17) is 11.6 Å². The van der Waals surface area contributed by atoms with Gasteiger partial charge < -0.3 is 0 Å². The third kappa shape index (κ3) is 2.12. The highest BCUT2D eigenvalue weighted by Crippen LogP contribution is 2.19. The Kier molecular flexibility index (Phi) is 3.12. The van der Waals surface area contributed by atoms with Crippen molar-refractivity contribution in [2.45, 2.75) is 6.92 Å². The van der Waals surface area contributed by atoms with Crippen molar-refractivity contribution in [2.24, 2.45) is 0 Å². The molecule has 0 aliphatic carbocycles.